The normalized spacial score (nSPS) is 41.3. The molecule has 0 bridgehead atoms. The summed E-state index contributed by atoms with van der Waals surface area (Å²) in [5, 5.41) is 4.53. The van der Waals surface area contributed by atoms with Gasteiger partial charge in [0.05, 0.1) is 5.71 Å². The van der Waals surface area contributed by atoms with Crippen molar-refractivity contribution in [3.63, 3.8) is 0 Å². The molecule has 0 amide bonds. The van der Waals surface area contributed by atoms with E-state index in [0.29, 0.717) is 24.2 Å². The molecule has 0 heterocycles. The van der Waals surface area contributed by atoms with Crippen LogP contribution in [0.15, 0.2) is 28.5 Å². The highest BCUT2D eigenvalue weighted by atomic mass is 28.4. The second-order valence-corrected chi connectivity index (χ2v) is 16.8. The van der Waals surface area contributed by atoms with Crippen molar-refractivity contribution in [1.82, 2.24) is 0 Å². The molecule has 0 spiro atoms. The van der Waals surface area contributed by atoms with Gasteiger partial charge in [-0.25, -0.2) is 0 Å². The second-order valence-electron chi connectivity index (χ2n) is 12.4. The van der Waals surface area contributed by atoms with Gasteiger partial charge in [0.15, 0.2) is 11.4 Å². The molecule has 0 N–H and O–H groups in total. The number of rotatable bonds is 4. The molecule has 0 unspecified atom stereocenters. The molecule has 5 nitrogen and oxygen atoms in total. The molecule has 2 fully saturated rings. The van der Waals surface area contributed by atoms with Crippen LogP contribution in [0, 0.1) is 28.6 Å². The quantitative estimate of drug-likeness (QED) is 0.278. The van der Waals surface area contributed by atoms with E-state index in [0.717, 1.165) is 37.8 Å². The fraction of sp³-hybridized carbons (Fsp3) is 0.741. The summed E-state index contributed by atoms with van der Waals surface area (Å²) in [4.78, 5) is 25.0. The number of carbonyl (C=O) groups excluding carboxylic acids is 2. The minimum Gasteiger partial charge on any atom is -0.455 e. The van der Waals surface area contributed by atoms with Crippen LogP contribution in [-0.4, -0.2) is 31.4 Å². The first-order chi connectivity index (χ1) is 15.2. The molecule has 0 radical (unpaired) electrons. The molecular weight excluding hydrogens is 430 g/mol. The third kappa shape index (κ3) is 3.77. The van der Waals surface area contributed by atoms with E-state index in [9.17, 15) is 9.59 Å². The lowest BCUT2D eigenvalue weighted by Crippen LogP contribution is -2.58. The largest absolute Gasteiger partial charge is 0.455 e. The van der Waals surface area contributed by atoms with Gasteiger partial charge in [-0.05, 0) is 107 Å². The lowest BCUT2D eigenvalue weighted by molar-refractivity contribution is -0.185. The number of esters is 1. The van der Waals surface area contributed by atoms with E-state index in [4.69, 9.17) is 9.26 Å². The van der Waals surface area contributed by atoms with Crippen LogP contribution < -0.4 is 0 Å². The molecule has 0 aromatic rings. The summed E-state index contributed by atoms with van der Waals surface area (Å²) in [5.74, 6) is 0.939. The summed E-state index contributed by atoms with van der Waals surface area (Å²) in [6, 6.07) is 0. The predicted molar refractivity (Wildman–Crippen MR) is 133 cm³/mol. The molecule has 0 aromatic carbocycles. The van der Waals surface area contributed by atoms with Gasteiger partial charge < -0.3 is 9.26 Å². The molecule has 0 saturated heterocycles. The van der Waals surface area contributed by atoms with Gasteiger partial charge in [0.2, 0.25) is 0 Å². The summed E-state index contributed by atoms with van der Waals surface area (Å²) in [6.07, 6.45) is 10.3. The van der Waals surface area contributed by atoms with E-state index < -0.39 is 13.9 Å². The van der Waals surface area contributed by atoms with Crippen LogP contribution >= 0.6 is 0 Å². The molecule has 33 heavy (non-hydrogen) atoms. The van der Waals surface area contributed by atoms with Crippen molar-refractivity contribution in [3.8, 4) is 0 Å². The molecule has 0 aliphatic heterocycles. The summed E-state index contributed by atoms with van der Waals surface area (Å²) in [6.45, 7) is 16.4. The highest BCUT2D eigenvalue weighted by Gasteiger charge is 2.67. The van der Waals surface area contributed by atoms with Gasteiger partial charge in [0, 0.05) is 12.3 Å². The van der Waals surface area contributed by atoms with E-state index in [1.54, 1.807) is 6.92 Å². The molecule has 4 rings (SSSR count). The first-order valence-electron chi connectivity index (χ1n) is 12.6. The maximum absolute atomic E-state index is 12.9. The van der Waals surface area contributed by atoms with Gasteiger partial charge >= 0.3 is 5.97 Å². The molecule has 2 saturated carbocycles. The Balaban J connectivity index is 1.71. The number of fused-ring (bicyclic) bond motifs is 5. The number of ketones is 1. The molecule has 182 valence electrons. The smallest absolute Gasteiger partial charge is 0.303 e. The van der Waals surface area contributed by atoms with Crippen molar-refractivity contribution in [2.75, 3.05) is 0 Å². The monoisotopic (exact) mass is 471 g/mol. The molecule has 6 heteroatoms. The number of Topliss-reactive ketones (excluding diaryl/α,β-unsaturated/α-hetero) is 1. The Labute approximate surface area is 200 Å². The fourth-order valence-corrected chi connectivity index (χ4v) is 8.15. The summed E-state index contributed by atoms with van der Waals surface area (Å²) >= 11 is 0. The van der Waals surface area contributed by atoms with Crippen LogP contribution in [-0.2, 0) is 18.9 Å². The van der Waals surface area contributed by atoms with Crippen LogP contribution in [0.1, 0.15) is 73.1 Å². The van der Waals surface area contributed by atoms with Gasteiger partial charge in [-0.1, -0.05) is 25.5 Å². The van der Waals surface area contributed by atoms with Crippen LogP contribution in [0.3, 0.4) is 0 Å². The Kier molecular flexibility index (Phi) is 5.87. The SMILES string of the molecule is CC(=O)O[C@@]1(C(C)=O)CC[C@H]2[C@@H]3C=C(C)C4=C/C(=N/O[Si](C)(C)C)CC[C@]4(C)[C@H]3CC[C@@]21C. The molecular formula is C27H41NO4Si. The zero-order valence-corrected chi connectivity index (χ0v) is 22.7. The van der Waals surface area contributed by atoms with Gasteiger partial charge in [0.1, 0.15) is 0 Å². The van der Waals surface area contributed by atoms with Gasteiger partial charge in [-0.2, -0.15) is 0 Å². The Bertz CT molecular complexity index is 960. The average molecular weight is 472 g/mol. The standard InChI is InChI=1S/C27H41NO4Si/c1-17-15-21-22(25(4)12-9-20(16-24(17)25)28-32-33(6,7)8)10-13-26(5)23(21)11-14-27(26,18(2)29)31-19(3)30/h15-16,21-23H,9-14H2,1-8H3/b28-20+/t21-,22+,23+,25-,26+,27-/m1/s1. The number of allylic oxidation sites excluding steroid dienone is 4. The van der Waals surface area contributed by atoms with E-state index >= 15 is 0 Å². The number of ether oxygens (including phenoxy) is 1. The van der Waals surface area contributed by atoms with E-state index in [1.807, 2.05) is 0 Å². The summed E-state index contributed by atoms with van der Waals surface area (Å²) in [5.41, 5.74) is 2.61. The number of oxime groups is 1. The van der Waals surface area contributed by atoms with E-state index in [2.05, 4.69) is 57.7 Å². The molecule has 4 aliphatic rings. The Morgan fingerprint density at radius 2 is 1.73 bits per heavy atom. The van der Waals surface area contributed by atoms with Gasteiger partial charge in [-0.15, -0.1) is 5.16 Å². The summed E-state index contributed by atoms with van der Waals surface area (Å²) in [7, 11) is -1.70. The summed E-state index contributed by atoms with van der Waals surface area (Å²) < 4.78 is 11.8. The third-order valence-corrected chi connectivity index (χ3v) is 9.93. The Morgan fingerprint density at radius 3 is 2.33 bits per heavy atom. The van der Waals surface area contributed by atoms with Gasteiger partial charge in [-0.3, -0.25) is 9.59 Å². The zero-order chi connectivity index (χ0) is 24.4. The minimum absolute atomic E-state index is 0.00498. The van der Waals surface area contributed by atoms with Crippen molar-refractivity contribution >= 4 is 25.8 Å². The first kappa shape index (κ1) is 24.4. The minimum atomic E-state index is -1.70. The lowest BCUT2D eigenvalue weighted by Gasteiger charge is -2.58. The van der Waals surface area contributed by atoms with Crippen LogP contribution in [0.25, 0.3) is 0 Å². The zero-order valence-electron chi connectivity index (χ0n) is 21.7. The number of carbonyl (C=O) groups is 2. The highest BCUT2D eigenvalue weighted by Crippen LogP contribution is 2.67. The molecule has 4 aliphatic carbocycles. The predicted octanol–water partition coefficient (Wildman–Crippen LogP) is 6.21. The number of hydrogen-bond donors (Lipinski definition) is 0. The Morgan fingerprint density at radius 1 is 1.06 bits per heavy atom. The van der Waals surface area contributed by atoms with Gasteiger partial charge in [0.25, 0.3) is 8.32 Å². The van der Waals surface area contributed by atoms with E-state index in [1.165, 1.54) is 18.1 Å². The number of nitrogens with zero attached hydrogens (tertiary/aromatic N) is 1. The third-order valence-electron chi connectivity index (χ3n) is 9.29. The lowest BCUT2D eigenvalue weighted by atomic mass is 9.47. The second kappa shape index (κ2) is 7.93. The van der Waals surface area contributed by atoms with Crippen LogP contribution in [0.5, 0.6) is 0 Å². The van der Waals surface area contributed by atoms with Crippen molar-refractivity contribution in [3.05, 3.63) is 23.3 Å². The topological polar surface area (TPSA) is 65.0 Å². The first-order valence-corrected chi connectivity index (χ1v) is 16.0. The number of hydrogen-bond acceptors (Lipinski definition) is 5. The van der Waals surface area contributed by atoms with Crippen LogP contribution in [0.4, 0.5) is 0 Å². The molecule has 6 atom stereocenters. The van der Waals surface area contributed by atoms with Crippen molar-refractivity contribution in [2.24, 2.45) is 33.7 Å². The van der Waals surface area contributed by atoms with Crippen molar-refractivity contribution in [1.29, 1.82) is 0 Å². The average Bonchev–Trinajstić information content (AvgIpc) is 2.99. The maximum atomic E-state index is 12.9. The fourth-order valence-electron chi connectivity index (χ4n) is 7.76. The van der Waals surface area contributed by atoms with Crippen molar-refractivity contribution < 1.29 is 18.9 Å². The van der Waals surface area contributed by atoms with Crippen LogP contribution in [0.2, 0.25) is 19.6 Å². The maximum Gasteiger partial charge on any atom is 0.303 e. The van der Waals surface area contributed by atoms with Crippen molar-refractivity contribution in [2.45, 2.75) is 98.4 Å². The Hall–Kier alpha value is -1.69. The molecule has 0 aromatic heterocycles. The highest BCUT2D eigenvalue weighted by molar-refractivity contribution is 6.69. The van der Waals surface area contributed by atoms with E-state index in [-0.39, 0.29) is 22.6 Å².